The molecule has 21 heavy (non-hydrogen) atoms. The molecule has 0 bridgehead atoms. The monoisotopic (exact) mass is 289 g/mol. The predicted molar refractivity (Wildman–Crippen MR) is 74.3 cm³/mol. The molecule has 1 N–H and O–H groups in total. The fraction of sp³-hybridized carbons (Fsp3) is 0.0625. The largest absolute Gasteiger partial charge is 0.416 e. The molecule has 2 nitrogen and oxygen atoms in total. The van der Waals surface area contributed by atoms with Crippen molar-refractivity contribution in [3.8, 4) is 0 Å². The van der Waals surface area contributed by atoms with E-state index in [0.29, 0.717) is 5.69 Å². The molecule has 0 atom stereocenters. The smallest absolute Gasteiger partial charge is 0.355 e. The summed E-state index contributed by atoms with van der Waals surface area (Å²) in [5, 5.41) is 3.00. The van der Waals surface area contributed by atoms with Crippen LogP contribution < -0.4 is 9.72 Å². The van der Waals surface area contributed by atoms with E-state index < -0.39 is 11.7 Å². The SMILES string of the molecule is FC(F)(F)c1cccc(Nc2cc[n+]3ccccc3c2)c1. The van der Waals surface area contributed by atoms with Crippen LogP contribution in [0.1, 0.15) is 5.56 Å². The standard InChI is InChI=1S/C16H11F3N2/c17-16(18,19)12-4-3-5-13(10-12)20-14-7-9-21-8-2-1-6-15(21)11-14/h1-11H/p+1. The Kier molecular flexibility index (Phi) is 3.25. The molecule has 2 heterocycles. The third kappa shape index (κ3) is 2.97. The number of anilines is 2. The van der Waals surface area contributed by atoms with Gasteiger partial charge in [0.05, 0.1) is 11.3 Å². The van der Waals surface area contributed by atoms with Gasteiger partial charge in [0.1, 0.15) is 0 Å². The number of alkyl halides is 3. The number of hydrogen-bond acceptors (Lipinski definition) is 1. The number of rotatable bonds is 2. The van der Waals surface area contributed by atoms with Gasteiger partial charge in [-0.05, 0) is 24.3 Å². The van der Waals surface area contributed by atoms with Gasteiger partial charge in [0.2, 0.25) is 5.52 Å². The molecular formula is C16H12F3N2+. The zero-order valence-electron chi connectivity index (χ0n) is 10.9. The lowest BCUT2D eigenvalue weighted by atomic mass is 10.2. The zero-order valence-corrected chi connectivity index (χ0v) is 10.9. The lowest BCUT2D eigenvalue weighted by Crippen LogP contribution is -2.19. The molecule has 0 aliphatic carbocycles. The summed E-state index contributed by atoms with van der Waals surface area (Å²) >= 11 is 0. The number of aromatic nitrogens is 1. The Bertz CT molecular complexity index is 782. The summed E-state index contributed by atoms with van der Waals surface area (Å²) in [6.07, 6.45) is -0.578. The number of halogens is 3. The molecule has 0 amide bonds. The van der Waals surface area contributed by atoms with Gasteiger partial charge in [-0.3, -0.25) is 0 Å². The van der Waals surface area contributed by atoms with Crippen molar-refractivity contribution in [3.63, 3.8) is 0 Å². The topological polar surface area (TPSA) is 16.1 Å². The Hall–Kier alpha value is -2.56. The summed E-state index contributed by atoms with van der Waals surface area (Å²) in [6, 6.07) is 14.6. The number of nitrogens with zero attached hydrogens (tertiary/aromatic N) is 1. The van der Waals surface area contributed by atoms with Crippen LogP contribution in [0.25, 0.3) is 5.52 Å². The average Bonchev–Trinajstić information content (AvgIpc) is 2.46. The molecular weight excluding hydrogens is 277 g/mol. The van der Waals surface area contributed by atoms with Gasteiger partial charge in [0, 0.05) is 30.0 Å². The highest BCUT2D eigenvalue weighted by Gasteiger charge is 2.30. The number of pyridine rings is 2. The molecule has 2 aromatic heterocycles. The van der Waals surface area contributed by atoms with Gasteiger partial charge in [-0.2, -0.15) is 17.6 Å². The highest BCUT2D eigenvalue weighted by atomic mass is 19.4. The first kappa shape index (κ1) is 13.4. The maximum atomic E-state index is 12.7. The van der Waals surface area contributed by atoms with Crippen LogP contribution in [-0.2, 0) is 6.18 Å². The second-order valence-electron chi connectivity index (χ2n) is 4.65. The van der Waals surface area contributed by atoms with Crippen molar-refractivity contribution in [2.24, 2.45) is 0 Å². The summed E-state index contributed by atoms with van der Waals surface area (Å²) < 4.78 is 40.0. The Morgan fingerprint density at radius 3 is 2.43 bits per heavy atom. The van der Waals surface area contributed by atoms with E-state index >= 15 is 0 Å². The second-order valence-corrected chi connectivity index (χ2v) is 4.65. The summed E-state index contributed by atoms with van der Waals surface area (Å²) in [6.45, 7) is 0. The normalized spacial score (nSPS) is 11.6. The van der Waals surface area contributed by atoms with Crippen molar-refractivity contribution in [1.82, 2.24) is 0 Å². The van der Waals surface area contributed by atoms with Crippen molar-refractivity contribution < 1.29 is 17.6 Å². The van der Waals surface area contributed by atoms with Gasteiger partial charge in [-0.1, -0.05) is 6.07 Å². The molecule has 0 radical (unpaired) electrons. The van der Waals surface area contributed by atoms with E-state index in [-0.39, 0.29) is 0 Å². The van der Waals surface area contributed by atoms with Crippen molar-refractivity contribution in [2.45, 2.75) is 6.18 Å². The van der Waals surface area contributed by atoms with Gasteiger partial charge < -0.3 is 5.32 Å². The molecule has 0 unspecified atom stereocenters. The van der Waals surface area contributed by atoms with Gasteiger partial charge in [0.25, 0.3) is 0 Å². The first-order valence-electron chi connectivity index (χ1n) is 6.37. The van der Waals surface area contributed by atoms with Crippen LogP contribution in [0.4, 0.5) is 24.5 Å². The van der Waals surface area contributed by atoms with E-state index in [4.69, 9.17) is 0 Å². The number of nitrogens with one attached hydrogen (secondary N) is 1. The summed E-state index contributed by atoms with van der Waals surface area (Å²) in [4.78, 5) is 0. The quantitative estimate of drug-likeness (QED) is 0.700. The Morgan fingerprint density at radius 2 is 1.62 bits per heavy atom. The minimum atomic E-state index is -4.34. The molecule has 3 aromatic rings. The third-order valence-corrected chi connectivity index (χ3v) is 3.12. The van der Waals surface area contributed by atoms with Gasteiger partial charge in [-0.25, -0.2) is 0 Å². The molecule has 0 saturated carbocycles. The molecule has 0 aliphatic rings. The van der Waals surface area contributed by atoms with E-state index in [9.17, 15) is 13.2 Å². The lowest BCUT2D eigenvalue weighted by Gasteiger charge is -2.10. The Balaban J connectivity index is 1.91. The van der Waals surface area contributed by atoms with Crippen molar-refractivity contribution in [3.05, 3.63) is 72.6 Å². The van der Waals surface area contributed by atoms with Gasteiger partial charge >= 0.3 is 6.18 Å². The van der Waals surface area contributed by atoms with Crippen LogP contribution in [0.5, 0.6) is 0 Å². The van der Waals surface area contributed by atoms with Gasteiger partial charge in [-0.15, -0.1) is 0 Å². The molecule has 0 fully saturated rings. The molecule has 0 saturated heterocycles. The van der Waals surface area contributed by atoms with Crippen molar-refractivity contribution in [1.29, 1.82) is 0 Å². The Labute approximate surface area is 119 Å². The van der Waals surface area contributed by atoms with Crippen LogP contribution in [0, 0.1) is 0 Å². The Morgan fingerprint density at radius 1 is 0.810 bits per heavy atom. The van der Waals surface area contributed by atoms with Crippen molar-refractivity contribution >= 4 is 16.9 Å². The lowest BCUT2D eigenvalue weighted by molar-refractivity contribution is -0.511. The van der Waals surface area contributed by atoms with E-state index in [2.05, 4.69) is 5.32 Å². The van der Waals surface area contributed by atoms with Crippen molar-refractivity contribution in [2.75, 3.05) is 5.32 Å². The van der Waals surface area contributed by atoms with E-state index in [1.54, 1.807) is 6.07 Å². The minimum Gasteiger partial charge on any atom is -0.355 e. The fourth-order valence-corrected chi connectivity index (χ4v) is 2.11. The number of fused-ring (bicyclic) bond motifs is 1. The first-order valence-corrected chi connectivity index (χ1v) is 6.37. The average molecular weight is 289 g/mol. The number of hydrogen-bond donors (Lipinski definition) is 1. The second kappa shape index (κ2) is 5.09. The number of benzene rings is 1. The minimum absolute atomic E-state index is 0.408. The van der Waals surface area contributed by atoms with E-state index in [1.165, 1.54) is 6.07 Å². The summed E-state index contributed by atoms with van der Waals surface area (Å²) in [5.41, 5.74) is 1.43. The molecule has 0 spiro atoms. The first-order chi connectivity index (χ1) is 10.0. The molecule has 106 valence electrons. The molecule has 1 aromatic carbocycles. The molecule has 5 heteroatoms. The van der Waals surface area contributed by atoms with E-state index in [1.807, 2.05) is 47.1 Å². The summed E-state index contributed by atoms with van der Waals surface area (Å²) in [7, 11) is 0. The van der Waals surface area contributed by atoms with Crippen LogP contribution in [0.15, 0.2) is 67.0 Å². The maximum Gasteiger partial charge on any atom is 0.416 e. The third-order valence-electron chi connectivity index (χ3n) is 3.12. The highest BCUT2D eigenvalue weighted by molar-refractivity contribution is 5.63. The van der Waals surface area contributed by atoms with Crippen LogP contribution in [0.3, 0.4) is 0 Å². The van der Waals surface area contributed by atoms with Gasteiger partial charge in [0.15, 0.2) is 12.4 Å². The van der Waals surface area contributed by atoms with Crippen LogP contribution in [-0.4, -0.2) is 0 Å². The van der Waals surface area contributed by atoms with E-state index in [0.717, 1.165) is 23.3 Å². The van der Waals surface area contributed by atoms with Crippen LogP contribution >= 0.6 is 0 Å². The highest BCUT2D eigenvalue weighted by Crippen LogP contribution is 2.31. The predicted octanol–water partition coefficient (Wildman–Crippen LogP) is 4.19. The zero-order chi connectivity index (χ0) is 14.9. The molecule has 3 rings (SSSR count). The summed E-state index contributed by atoms with van der Waals surface area (Å²) in [5.74, 6) is 0. The van der Waals surface area contributed by atoms with Crippen LogP contribution in [0.2, 0.25) is 0 Å². The fourth-order valence-electron chi connectivity index (χ4n) is 2.11. The molecule has 0 aliphatic heterocycles. The maximum absolute atomic E-state index is 12.7.